The van der Waals surface area contributed by atoms with E-state index in [0.29, 0.717) is 23.6 Å². The zero-order valence-electron chi connectivity index (χ0n) is 16.6. The average Bonchev–Trinajstić information content (AvgIpc) is 3.05. The Kier molecular flexibility index (Phi) is 5.09. The quantitative estimate of drug-likeness (QED) is 0.686. The van der Waals surface area contributed by atoms with Crippen molar-refractivity contribution in [1.29, 1.82) is 0 Å². The fourth-order valence-electron chi connectivity index (χ4n) is 4.03. The Morgan fingerprint density at radius 2 is 1.93 bits per heavy atom. The number of fused-ring (bicyclic) bond motifs is 1. The monoisotopic (exact) mass is 378 g/mol. The number of methoxy groups -OCH3 is 1. The third kappa shape index (κ3) is 3.38. The second-order valence-corrected chi connectivity index (χ2v) is 7.46. The van der Waals surface area contributed by atoms with Crippen LogP contribution in [0.1, 0.15) is 28.6 Å². The number of ether oxygens (including phenoxy) is 1. The lowest BCUT2D eigenvalue weighted by molar-refractivity contribution is 0.0448. The number of amides is 1. The number of furan rings is 1. The Morgan fingerprint density at radius 3 is 2.64 bits per heavy atom. The Balaban J connectivity index is 1.51. The maximum Gasteiger partial charge on any atom is 0.290 e. The molecule has 3 aromatic rings. The minimum absolute atomic E-state index is 0.0392. The summed E-state index contributed by atoms with van der Waals surface area (Å²) in [6, 6.07) is 16.3. The molecule has 1 saturated heterocycles. The first-order chi connectivity index (χ1) is 13.6. The summed E-state index contributed by atoms with van der Waals surface area (Å²) in [7, 11) is 1.61. The lowest BCUT2D eigenvalue weighted by Crippen LogP contribution is -2.53. The highest BCUT2D eigenvalue weighted by molar-refractivity contribution is 6.00. The molecule has 0 saturated carbocycles. The SMILES string of the molecule is COc1cccc2c(C)c(C(=O)N3CCN(Cc4ccccc4)C[C@H]3C)oc12. The van der Waals surface area contributed by atoms with Gasteiger partial charge in [0.15, 0.2) is 17.1 Å². The van der Waals surface area contributed by atoms with Gasteiger partial charge in [0.25, 0.3) is 5.91 Å². The molecule has 1 atom stereocenters. The molecule has 1 amide bonds. The number of aryl methyl sites for hydroxylation is 1. The molecule has 146 valence electrons. The number of carbonyl (C=O) groups is 1. The van der Waals surface area contributed by atoms with Crippen molar-refractivity contribution < 1.29 is 13.9 Å². The van der Waals surface area contributed by atoms with Crippen molar-refractivity contribution in [2.24, 2.45) is 0 Å². The molecule has 1 aliphatic rings. The molecule has 2 aromatic carbocycles. The number of benzene rings is 2. The molecule has 0 aliphatic carbocycles. The average molecular weight is 378 g/mol. The Bertz CT molecular complexity index is 980. The van der Waals surface area contributed by atoms with Crippen LogP contribution in [0.4, 0.5) is 0 Å². The van der Waals surface area contributed by atoms with Gasteiger partial charge in [-0.3, -0.25) is 9.69 Å². The molecule has 5 heteroatoms. The number of nitrogens with zero attached hydrogens (tertiary/aromatic N) is 2. The van der Waals surface area contributed by atoms with Crippen molar-refractivity contribution >= 4 is 16.9 Å². The predicted molar refractivity (Wildman–Crippen MR) is 110 cm³/mol. The van der Waals surface area contributed by atoms with Crippen LogP contribution in [0.5, 0.6) is 5.75 Å². The smallest absolute Gasteiger partial charge is 0.290 e. The molecule has 0 unspecified atom stereocenters. The van der Waals surface area contributed by atoms with Crippen LogP contribution >= 0.6 is 0 Å². The maximum absolute atomic E-state index is 13.2. The lowest BCUT2D eigenvalue weighted by Gasteiger charge is -2.39. The van der Waals surface area contributed by atoms with Crippen LogP contribution in [0.25, 0.3) is 11.0 Å². The molecule has 28 heavy (non-hydrogen) atoms. The second kappa shape index (κ2) is 7.68. The van der Waals surface area contributed by atoms with Crippen molar-refractivity contribution in [3.05, 3.63) is 65.4 Å². The van der Waals surface area contributed by atoms with E-state index < -0.39 is 0 Å². The Hall–Kier alpha value is -2.79. The molecule has 5 nitrogen and oxygen atoms in total. The van der Waals surface area contributed by atoms with E-state index in [1.807, 2.05) is 36.1 Å². The first kappa shape index (κ1) is 18.6. The van der Waals surface area contributed by atoms with Gasteiger partial charge < -0.3 is 14.1 Å². The van der Waals surface area contributed by atoms with Gasteiger partial charge in [-0.1, -0.05) is 42.5 Å². The summed E-state index contributed by atoms with van der Waals surface area (Å²) in [5.41, 5.74) is 2.81. The van der Waals surface area contributed by atoms with Crippen LogP contribution in [-0.2, 0) is 6.54 Å². The first-order valence-corrected chi connectivity index (χ1v) is 9.72. The van der Waals surface area contributed by atoms with E-state index in [0.717, 1.165) is 30.6 Å². The summed E-state index contributed by atoms with van der Waals surface area (Å²) in [6.07, 6.45) is 0. The molecule has 1 aliphatic heterocycles. The van der Waals surface area contributed by atoms with Crippen molar-refractivity contribution in [2.45, 2.75) is 26.4 Å². The summed E-state index contributed by atoms with van der Waals surface area (Å²) >= 11 is 0. The topological polar surface area (TPSA) is 45.9 Å². The third-order valence-electron chi connectivity index (χ3n) is 5.56. The maximum atomic E-state index is 13.2. The molecule has 2 heterocycles. The van der Waals surface area contributed by atoms with Gasteiger partial charge in [0.05, 0.1) is 7.11 Å². The van der Waals surface area contributed by atoms with E-state index in [9.17, 15) is 4.79 Å². The first-order valence-electron chi connectivity index (χ1n) is 9.72. The highest BCUT2D eigenvalue weighted by Crippen LogP contribution is 2.33. The fourth-order valence-corrected chi connectivity index (χ4v) is 4.03. The van der Waals surface area contributed by atoms with Crippen LogP contribution < -0.4 is 4.74 Å². The summed E-state index contributed by atoms with van der Waals surface area (Å²) < 4.78 is 11.4. The number of rotatable bonds is 4. The van der Waals surface area contributed by atoms with Gasteiger partial charge in [0, 0.05) is 43.2 Å². The number of para-hydroxylation sites is 1. The normalized spacial score (nSPS) is 17.8. The van der Waals surface area contributed by atoms with Crippen LogP contribution in [0.15, 0.2) is 52.9 Å². The van der Waals surface area contributed by atoms with E-state index in [1.165, 1.54) is 5.56 Å². The third-order valence-corrected chi connectivity index (χ3v) is 5.56. The van der Waals surface area contributed by atoms with Crippen molar-refractivity contribution in [3.8, 4) is 5.75 Å². The summed E-state index contributed by atoms with van der Waals surface area (Å²) in [6.45, 7) is 7.35. The van der Waals surface area contributed by atoms with Crippen molar-refractivity contribution in [3.63, 3.8) is 0 Å². The number of piperazine rings is 1. The molecule has 0 N–H and O–H groups in total. The highest BCUT2D eigenvalue weighted by Gasteiger charge is 2.31. The summed E-state index contributed by atoms with van der Waals surface area (Å²) in [5, 5.41) is 0.929. The van der Waals surface area contributed by atoms with Gasteiger partial charge >= 0.3 is 0 Å². The van der Waals surface area contributed by atoms with E-state index in [2.05, 4.69) is 36.1 Å². The van der Waals surface area contributed by atoms with E-state index in [-0.39, 0.29) is 11.9 Å². The van der Waals surface area contributed by atoms with E-state index in [1.54, 1.807) is 7.11 Å². The molecule has 0 bridgehead atoms. The second-order valence-electron chi connectivity index (χ2n) is 7.46. The number of hydrogen-bond acceptors (Lipinski definition) is 4. The minimum Gasteiger partial charge on any atom is -0.493 e. The molecular weight excluding hydrogens is 352 g/mol. The predicted octanol–water partition coefficient (Wildman–Crippen LogP) is 4.10. The van der Waals surface area contributed by atoms with Crippen molar-refractivity contribution in [2.75, 3.05) is 26.7 Å². The molecular formula is C23H26N2O3. The van der Waals surface area contributed by atoms with Gasteiger partial charge in [-0.05, 0) is 25.5 Å². The number of carbonyl (C=O) groups excluding carboxylic acids is 1. The lowest BCUT2D eigenvalue weighted by atomic mass is 10.1. The molecule has 0 radical (unpaired) electrons. The minimum atomic E-state index is -0.0392. The van der Waals surface area contributed by atoms with E-state index >= 15 is 0 Å². The Labute approximate surface area is 165 Å². The standard InChI is InChI=1S/C23H26N2O3/c1-16-14-24(15-18-8-5-4-6-9-18)12-13-25(16)23(26)21-17(2)19-10-7-11-20(27-3)22(19)28-21/h4-11,16H,12-15H2,1-3H3/t16-/m1/s1. The zero-order valence-corrected chi connectivity index (χ0v) is 16.6. The molecule has 0 spiro atoms. The summed E-state index contributed by atoms with van der Waals surface area (Å²) in [5.74, 6) is 1.03. The van der Waals surface area contributed by atoms with Gasteiger partial charge in [-0.25, -0.2) is 0 Å². The molecule has 1 fully saturated rings. The van der Waals surface area contributed by atoms with Crippen LogP contribution in [0.3, 0.4) is 0 Å². The fraction of sp³-hybridized carbons (Fsp3) is 0.348. The van der Waals surface area contributed by atoms with Gasteiger partial charge in [0.1, 0.15) is 0 Å². The van der Waals surface area contributed by atoms with Crippen LogP contribution in [0.2, 0.25) is 0 Å². The van der Waals surface area contributed by atoms with Crippen molar-refractivity contribution in [1.82, 2.24) is 9.80 Å². The highest BCUT2D eigenvalue weighted by atomic mass is 16.5. The van der Waals surface area contributed by atoms with Gasteiger partial charge in [-0.15, -0.1) is 0 Å². The van der Waals surface area contributed by atoms with E-state index in [4.69, 9.17) is 9.15 Å². The van der Waals surface area contributed by atoms with Crippen LogP contribution in [-0.4, -0.2) is 48.5 Å². The zero-order chi connectivity index (χ0) is 19.7. The van der Waals surface area contributed by atoms with Crippen LogP contribution in [0, 0.1) is 6.92 Å². The molecule has 4 rings (SSSR count). The Morgan fingerprint density at radius 1 is 1.14 bits per heavy atom. The molecule has 1 aromatic heterocycles. The number of hydrogen-bond donors (Lipinski definition) is 0. The largest absolute Gasteiger partial charge is 0.493 e. The summed E-state index contributed by atoms with van der Waals surface area (Å²) in [4.78, 5) is 17.6. The van der Waals surface area contributed by atoms with Gasteiger partial charge in [-0.2, -0.15) is 0 Å². The van der Waals surface area contributed by atoms with Gasteiger partial charge in [0.2, 0.25) is 0 Å².